The number of benzene rings is 1. The van der Waals surface area contributed by atoms with Crippen molar-refractivity contribution in [3.05, 3.63) is 60.1 Å². The van der Waals surface area contributed by atoms with Crippen LogP contribution in [0.5, 0.6) is 11.5 Å². The van der Waals surface area contributed by atoms with Gasteiger partial charge in [-0.05, 0) is 42.2 Å². The number of allylic oxidation sites excluding steroid dienone is 3. The first-order valence-electron chi connectivity index (χ1n) is 6.45. The van der Waals surface area contributed by atoms with Crippen molar-refractivity contribution in [2.24, 2.45) is 0 Å². The van der Waals surface area contributed by atoms with Crippen molar-refractivity contribution in [1.29, 1.82) is 0 Å². The van der Waals surface area contributed by atoms with E-state index in [0.717, 1.165) is 17.3 Å². The quantitative estimate of drug-likeness (QED) is 0.723. The van der Waals surface area contributed by atoms with Crippen LogP contribution in [0.1, 0.15) is 33.3 Å². The first-order chi connectivity index (χ1) is 8.95. The second-order valence-corrected chi connectivity index (χ2v) is 5.54. The van der Waals surface area contributed by atoms with Gasteiger partial charge < -0.3 is 9.47 Å². The fourth-order valence-electron chi connectivity index (χ4n) is 1.90. The van der Waals surface area contributed by atoms with Gasteiger partial charge in [0.25, 0.3) is 0 Å². The maximum Gasteiger partial charge on any atom is 0.170 e. The van der Waals surface area contributed by atoms with E-state index in [0.29, 0.717) is 5.76 Å². The fraction of sp³-hybridized carbons (Fsp3) is 0.294. The number of rotatable bonds is 1. The molecule has 2 nitrogen and oxygen atoms in total. The molecule has 0 N–H and O–H groups in total. The molecular formula is C17H20O2. The van der Waals surface area contributed by atoms with E-state index in [1.807, 2.05) is 25.1 Å². The molecule has 2 heteroatoms. The van der Waals surface area contributed by atoms with Crippen molar-refractivity contribution in [3.63, 3.8) is 0 Å². The van der Waals surface area contributed by atoms with Gasteiger partial charge >= 0.3 is 0 Å². The molecule has 0 aromatic heterocycles. The molecule has 0 saturated carbocycles. The predicted octanol–water partition coefficient (Wildman–Crippen LogP) is 4.73. The molecule has 1 aliphatic heterocycles. The molecule has 1 aromatic carbocycles. The minimum absolute atomic E-state index is 0.0890. The lowest BCUT2D eigenvalue weighted by Gasteiger charge is -2.25. The molecule has 0 spiro atoms. The van der Waals surface area contributed by atoms with Gasteiger partial charge in [0.1, 0.15) is 0 Å². The molecule has 0 aliphatic carbocycles. The lowest BCUT2D eigenvalue weighted by molar-refractivity contribution is 0.293. The SMILES string of the molecule is C=C/C=C1/Oc2ccc(C(C)(C)C)cc2O/C1=C/C. The number of hydrogen-bond donors (Lipinski definition) is 0. The van der Waals surface area contributed by atoms with E-state index in [9.17, 15) is 0 Å². The first-order valence-corrected chi connectivity index (χ1v) is 6.45. The first kappa shape index (κ1) is 13.5. The summed E-state index contributed by atoms with van der Waals surface area (Å²) in [5.74, 6) is 2.92. The van der Waals surface area contributed by atoms with E-state index in [4.69, 9.17) is 9.47 Å². The topological polar surface area (TPSA) is 18.5 Å². The van der Waals surface area contributed by atoms with Crippen molar-refractivity contribution in [1.82, 2.24) is 0 Å². The molecule has 0 bridgehead atoms. The van der Waals surface area contributed by atoms with E-state index in [2.05, 4.69) is 33.4 Å². The number of fused-ring (bicyclic) bond motifs is 1. The largest absolute Gasteiger partial charge is 0.450 e. The predicted molar refractivity (Wildman–Crippen MR) is 78.4 cm³/mol. The summed E-state index contributed by atoms with van der Waals surface area (Å²) in [5.41, 5.74) is 1.31. The normalized spacial score (nSPS) is 18.7. The second kappa shape index (κ2) is 4.96. The molecule has 100 valence electrons. The highest BCUT2D eigenvalue weighted by atomic mass is 16.6. The molecule has 0 radical (unpaired) electrons. The summed E-state index contributed by atoms with van der Waals surface area (Å²) in [7, 11) is 0. The van der Waals surface area contributed by atoms with Gasteiger partial charge in [-0.3, -0.25) is 0 Å². The molecular weight excluding hydrogens is 236 g/mol. The Kier molecular flexibility index (Phi) is 3.52. The third-order valence-electron chi connectivity index (χ3n) is 3.02. The summed E-state index contributed by atoms with van der Waals surface area (Å²) < 4.78 is 11.7. The van der Waals surface area contributed by atoms with Crippen LogP contribution in [0.4, 0.5) is 0 Å². The Balaban J connectivity index is 2.45. The molecule has 1 aromatic rings. The van der Waals surface area contributed by atoms with Gasteiger partial charge in [0.05, 0.1) is 0 Å². The van der Waals surface area contributed by atoms with Crippen LogP contribution >= 0.6 is 0 Å². The van der Waals surface area contributed by atoms with E-state index in [1.165, 1.54) is 5.56 Å². The van der Waals surface area contributed by atoms with Crippen molar-refractivity contribution < 1.29 is 9.47 Å². The third-order valence-corrected chi connectivity index (χ3v) is 3.02. The lowest BCUT2D eigenvalue weighted by Crippen LogP contribution is -2.15. The molecule has 0 atom stereocenters. The Morgan fingerprint density at radius 1 is 1.05 bits per heavy atom. The van der Waals surface area contributed by atoms with Gasteiger partial charge in [-0.15, -0.1) is 0 Å². The van der Waals surface area contributed by atoms with Crippen molar-refractivity contribution in [3.8, 4) is 11.5 Å². The molecule has 0 amide bonds. The summed E-state index contributed by atoms with van der Waals surface area (Å²) in [6.45, 7) is 12.1. The zero-order chi connectivity index (χ0) is 14.0. The fourth-order valence-corrected chi connectivity index (χ4v) is 1.90. The lowest BCUT2D eigenvalue weighted by atomic mass is 9.87. The van der Waals surface area contributed by atoms with Crippen LogP contribution in [-0.4, -0.2) is 0 Å². The van der Waals surface area contributed by atoms with Gasteiger partial charge in [-0.25, -0.2) is 0 Å². The average Bonchev–Trinajstić information content (AvgIpc) is 2.36. The second-order valence-electron chi connectivity index (χ2n) is 5.54. The Morgan fingerprint density at radius 2 is 1.74 bits per heavy atom. The van der Waals surface area contributed by atoms with Gasteiger partial charge in [0.15, 0.2) is 23.0 Å². The highest BCUT2D eigenvalue weighted by molar-refractivity contribution is 5.50. The minimum atomic E-state index is 0.0890. The van der Waals surface area contributed by atoms with Crippen molar-refractivity contribution in [2.75, 3.05) is 0 Å². The minimum Gasteiger partial charge on any atom is -0.450 e. The zero-order valence-electron chi connectivity index (χ0n) is 12.0. The molecule has 1 aliphatic rings. The van der Waals surface area contributed by atoms with E-state index in [-0.39, 0.29) is 5.41 Å². The summed E-state index contributed by atoms with van der Waals surface area (Å²) in [6, 6.07) is 6.08. The van der Waals surface area contributed by atoms with Crippen molar-refractivity contribution in [2.45, 2.75) is 33.1 Å². The van der Waals surface area contributed by atoms with Crippen LogP contribution in [0, 0.1) is 0 Å². The molecule has 19 heavy (non-hydrogen) atoms. The maximum absolute atomic E-state index is 5.90. The average molecular weight is 256 g/mol. The number of ether oxygens (including phenoxy) is 2. The van der Waals surface area contributed by atoms with Crippen LogP contribution in [0.3, 0.4) is 0 Å². The van der Waals surface area contributed by atoms with Gasteiger partial charge in [0.2, 0.25) is 0 Å². The molecule has 0 fully saturated rings. The van der Waals surface area contributed by atoms with Crippen molar-refractivity contribution >= 4 is 0 Å². The standard InChI is InChI=1S/C17H20O2/c1-6-8-14-13(7-2)18-16-11-12(17(3,4)5)9-10-15(16)19-14/h6-11H,1H2,2-5H3/b13-7+,14-8+. The molecule has 0 saturated heterocycles. The van der Waals surface area contributed by atoms with E-state index in [1.54, 1.807) is 12.2 Å². The Hall–Kier alpha value is -1.96. The number of hydrogen-bond acceptors (Lipinski definition) is 2. The maximum atomic E-state index is 5.90. The van der Waals surface area contributed by atoms with Crippen LogP contribution in [0.2, 0.25) is 0 Å². The van der Waals surface area contributed by atoms with Crippen LogP contribution in [-0.2, 0) is 5.41 Å². The summed E-state index contributed by atoms with van der Waals surface area (Å²) in [4.78, 5) is 0. The van der Waals surface area contributed by atoms with Gasteiger partial charge in [-0.1, -0.05) is 39.5 Å². The van der Waals surface area contributed by atoms with Crippen LogP contribution in [0.25, 0.3) is 0 Å². The Bertz CT molecular complexity index is 557. The van der Waals surface area contributed by atoms with E-state index < -0.39 is 0 Å². The van der Waals surface area contributed by atoms with Crippen LogP contribution in [0.15, 0.2) is 54.5 Å². The third kappa shape index (κ3) is 2.73. The summed E-state index contributed by atoms with van der Waals surface area (Å²) in [5, 5.41) is 0. The summed E-state index contributed by atoms with van der Waals surface area (Å²) >= 11 is 0. The smallest absolute Gasteiger partial charge is 0.170 e. The van der Waals surface area contributed by atoms with Gasteiger partial charge in [-0.2, -0.15) is 0 Å². The molecule has 1 heterocycles. The van der Waals surface area contributed by atoms with Gasteiger partial charge in [0, 0.05) is 0 Å². The van der Waals surface area contributed by atoms with E-state index >= 15 is 0 Å². The highest BCUT2D eigenvalue weighted by Crippen LogP contribution is 2.39. The Labute approximate surface area is 115 Å². The Morgan fingerprint density at radius 3 is 2.32 bits per heavy atom. The monoisotopic (exact) mass is 256 g/mol. The van der Waals surface area contributed by atoms with Crippen LogP contribution < -0.4 is 9.47 Å². The zero-order valence-corrected chi connectivity index (χ0v) is 12.0. The highest BCUT2D eigenvalue weighted by Gasteiger charge is 2.23. The summed E-state index contributed by atoms with van der Waals surface area (Å²) in [6.07, 6.45) is 5.38. The molecule has 0 unspecified atom stereocenters. The molecule has 2 rings (SSSR count).